The summed E-state index contributed by atoms with van der Waals surface area (Å²) in [5, 5.41) is 23.6. The number of ether oxygens (including phenoxy) is 1. The second kappa shape index (κ2) is 4.45. The Morgan fingerprint density at radius 2 is 2.25 bits per heavy atom. The number of benzene rings is 1. The molecule has 0 aliphatic carbocycles. The Morgan fingerprint density at radius 1 is 1.50 bits per heavy atom. The summed E-state index contributed by atoms with van der Waals surface area (Å²) in [6.45, 7) is 1.61. The van der Waals surface area contributed by atoms with Gasteiger partial charge in [0.1, 0.15) is 23.6 Å². The average molecular weight is 386 g/mol. The van der Waals surface area contributed by atoms with Crippen LogP contribution >= 0.6 is 22.6 Å². The number of rotatable bonds is 1. The zero-order valence-corrected chi connectivity index (χ0v) is 12.7. The standard InChI is InChI=1S/C13H11IN2O4/c1-13(19)6-20-10-3-2-7(14)4-9(10)16-11(13)5-8(15-16)12(17)18/h2-5,19H,6H2,1H3,(H,17,18). The van der Waals surface area contributed by atoms with Gasteiger partial charge in [0.15, 0.2) is 5.69 Å². The SMILES string of the molecule is CC1(O)COc2ccc(I)cc2-n2nc(C(=O)O)cc21. The summed E-state index contributed by atoms with van der Waals surface area (Å²) >= 11 is 2.15. The Morgan fingerprint density at radius 3 is 2.95 bits per heavy atom. The summed E-state index contributed by atoms with van der Waals surface area (Å²) in [6, 6.07) is 6.87. The maximum atomic E-state index is 11.1. The van der Waals surface area contributed by atoms with Crippen molar-refractivity contribution >= 4 is 28.6 Å². The van der Waals surface area contributed by atoms with Crippen LogP contribution in [0.15, 0.2) is 24.3 Å². The van der Waals surface area contributed by atoms with E-state index in [4.69, 9.17) is 9.84 Å². The molecule has 20 heavy (non-hydrogen) atoms. The Balaban J connectivity index is 2.30. The van der Waals surface area contributed by atoms with Crippen molar-refractivity contribution in [2.75, 3.05) is 6.61 Å². The Labute approximate surface area is 128 Å². The molecule has 7 heteroatoms. The molecule has 1 unspecified atom stereocenters. The summed E-state index contributed by atoms with van der Waals surface area (Å²) in [4.78, 5) is 11.1. The first-order chi connectivity index (χ1) is 9.38. The molecule has 1 atom stereocenters. The lowest BCUT2D eigenvalue weighted by Crippen LogP contribution is -2.30. The molecule has 2 N–H and O–H groups in total. The molecule has 0 bridgehead atoms. The van der Waals surface area contributed by atoms with Crippen LogP contribution in [-0.2, 0) is 5.60 Å². The lowest BCUT2D eigenvalue weighted by Gasteiger charge is -2.20. The lowest BCUT2D eigenvalue weighted by molar-refractivity contribution is 0.00607. The van der Waals surface area contributed by atoms with E-state index in [0.29, 0.717) is 17.1 Å². The first-order valence-electron chi connectivity index (χ1n) is 5.87. The molecular formula is C13H11IN2O4. The highest BCUT2D eigenvalue weighted by molar-refractivity contribution is 14.1. The quantitative estimate of drug-likeness (QED) is 0.730. The number of nitrogens with zero attached hydrogens (tertiary/aromatic N) is 2. The summed E-state index contributed by atoms with van der Waals surface area (Å²) in [5.41, 5.74) is -0.398. The molecule has 1 aliphatic heterocycles. The second-order valence-electron chi connectivity index (χ2n) is 4.81. The number of aromatic nitrogens is 2. The monoisotopic (exact) mass is 386 g/mol. The molecule has 0 saturated heterocycles. The summed E-state index contributed by atoms with van der Waals surface area (Å²) < 4.78 is 8.00. The third-order valence-electron chi connectivity index (χ3n) is 3.14. The molecular weight excluding hydrogens is 375 g/mol. The van der Waals surface area contributed by atoms with Crippen molar-refractivity contribution in [1.82, 2.24) is 9.78 Å². The van der Waals surface area contributed by atoms with Crippen LogP contribution in [0.2, 0.25) is 0 Å². The van der Waals surface area contributed by atoms with E-state index in [2.05, 4.69) is 27.7 Å². The maximum Gasteiger partial charge on any atom is 0.356 e. The molecule has 1 aliphatic rings. The van der Waals surface area contributed by atoms with E-state index < -0.39 is 11.6 Å². The van der Waals surface area contributed by atoms with Gasteiger partial charge < -0.3 is 14.9 Å². The molecule has 104 valence electrons. The van der Waals surface area contributed by atoms with E-state index >= 15 is 0 Å². The van der Waals surface area contributed by atoms with Crippen molar-refractivity contribution in [3.8, 4) is 11.4 Å². The van der Waals surface area contributed by atoms with E-state index in [0.717, 1.165) is 3.57 Å². The van der Waals surface area contributed by atoms with Gasteiger partial charge in [0.25, 0.3) is 0 Å². The van der Waals surface area contributed by atoms with Gasteiger partial charge in [0.05, 0.1) is 5.69 Å². The largest absolute Gasteiger partial charge is 0.488 e. The molecule has 0 radical (unpaired) electrons. The van der Waals surface area contributed by atoms with E-state index in [1.165, 1.54) is 10.7 Å². The predicted molar refractivity (Wildman–Crippen MR) is 78.3 cm³/mol. The highest BCUT2D eigenvalue weighted by Gasteiger charge is 2.34. The van der Waals surface area contributed by atoms with Gasteiger partial charge in [-0.2, -0.15) is 5.10 Å². The van der Waals surface area contributed by atoms with Crippen molar-refractivity contribution in [2.45, 2.75) is 12.5 Å². The maximum absolute atomic E-state index is 11.1. The van der Waals surface area contributed by atoms with Crippen LogP contribution < -0.4 is 4.74 Å². The van der Waals surface area contributed by atoms with Gasteiger partial charge >= 0.3 is 5.97 Å². The van der Waals surface area contributed by atoms with Gasteiger partial charge in [0, 0.05) is 3.57 Å². The van der Waals surface area contributed by atoms with Gasteiger partial charge in [-0.05, 0) is 53.8 Å². The first-order valence-corrected chi connectivity index (χ1v) is 6.95. The third-order valence-corrected chi connectivity index (χ3v) is 3.81. The topological polar surface area (TPSA) is 84.6 Å². The van der Waals surface area contributed by atoms with E-state index in [1.807, 2.05) is 12.1 Å². The van der Waals surface area contributed by atoms with Crippen LogP contribution in [0.25, 0.3) is 5.69 Å². The number of carboxylic acids is 1. The number of carbonyl (C=O) groups is 1. The fourth-order valence-electron chi connectivity index (χ4n) is 2.12. The van der Waals surface area contributed by atoms with Gasteiger partial charge in [-0.15, -0.1) is 0 Å². The van der Waals surface area contributed by atoms with Gasteiger partial charge in [-0.25, -0.2) is 9.48 Å². The fraction of sp³-hybridized carbons (Fsp3) is 0.231. The second-order valence-corrected chi connectivity index (χ2v) is 6.05. The minimum Gasteiger partial charge on any atom is -0.488 e. The van der Waals surface area contributed by atoms with E-state index in [1.54, 1.807) is 13.0 Å². The molecule has 2 aromatic rings. The van der Waals surface area contributed by atoms with Crippen LogP contribution in [0.4, 0.5) is 0 Å². The fourth-order valence-corrected chi connectivity index (χ4v) is 2.60. The van der Waals surface area contributed by atoms with Crippen LogP contribution in [0.5, 0.6) is 5.75 Å². The van der Waals surface area contributed by atoms with E-state index in [9.17, 15) is 9.90 Å². The lowest BCUT2D eigenvalue weighted by atomic mass is 10.0. The zero-order chi connectivity index (χ0) is 14.5. The van der Waals surface area contributed by atoms with Crippen molar-refractivity contribution in [2.24, 2.45) is 0 Å². The highest BCUT2D eigenvalue weighted by atomic mass is 127. The highest BCUT2D eigenvalue weighted by Crippen LogP contribution is 2.34. The van der Waals surface area contributed by atoms with Crippen molar-refractivity contribution in [1.29, 1.82) is 0 Å². The number of hydrogen-bond donors (Lipinski definition) is 2. The number of halogens is 1. The average Bonchev–Trinajstić information content (AvgIpc) is 2.79. The first kappa shape index (κ1) is 13.4. The Bertz CT molecular complexity index is 708. The third kappa shape index (κ3) is 2.06. The number of fused-ring (bicyclic) bond motifs is 3. The van der Waals surface area contributed by atoms with Crippen molar-refractivity contribution in [3.63, 3.8) is 0 Å². The van der Waals surface area contributed by atoms with Gasteiger partial charge in [0.2, 0.25) is 0 Å². The van der Waals surface area contributed by atoms with Gasteiger partial charge in [-0.3, -0.25) is 0 Å². The van der Waals surface area contributed by atoms with Gasteiger partial charge in [-0.1, -0.05) is 0 Å². The summed E-state index contributed by atoms with van der Waals surface area (Å²) in [5.74, 6) is -0.570. The Hall–Kier alpha value is -1.61. The smallest absolute Gasteiger partial charge is 0.356 e. The van der Waals surface area contributed by atoms with Crippen molar-refractivity contribution < 1.29 is 19.7 Å². The van der Waals surface area contributed by atoms with E-state index in [-0.39, 0.29) is 12.3 Å². The minimum absolute atomic E-state index is 0.0331. The zero-order valence-electron chi connectivity index (χ0n) is 10.5. The molecule has 2 heterocycles. The predicted octanol–water partition coefficient (Wildman–Crippen LogP) is 1.77. The molecule has 1 aromatic carbocycles. The van der Waals surface area contributed by atoms with Crippen LogP contribution in [0.1, 0.15) is 23.1 Å². The molecule has 0 amide bonds. The molecule has 6 nitrogen and oxygen atoms in total. The molecule has 0 spiro atoms. The number of aliphatic hydroxyl groups is 1. The number of carboxylic acid groups (broad SMARTS) is 1. The normalized spacial score (nSPS) is 20.6. The molecule has 0 fully saturated rings. The molecule has 0 saturated carbocycles. The molecule has 1 aromatic heterocycles. The van der Waals surface area contributed by atoms with Crippen molar-refractivity contribution in [3.05, 3.63) is 39.2 Å². The minimum atomic E-state index is -1.31. The number of hydrogen-bond acceptors (Lipinski definition) is 4. The van der Waals surface area contributed by atoms with Crippen LogP contribution in [-0.4, -0.2) is 32.6 Å². The number of aromatic carboxylic acids is 1. The summed E-state index contributed by atoms with van der Waals surface area (Å²) in [7, 11) is 0. The Kier molecular flexibility index (Phi) is 2.98. The summed E-state index contributed by atoms with van der Waals surface area (Å²) in [6.07, 6.45) is 0. The van der Waals surface area contributed by atoms with Crippen LogP contribution in [0, 0.1) is 3.57 Å². The van der Waals surface area contributed by atoms with Crippen LogP contribution in [0.3, 0.4) is 0 Å². The molecule has 3 rings (SSSR count).